The van der Waals surface area contributed by atoms with Crippen LogP contribution in [0.15, 0.2) is 72.9 Å². The lowest BCUT2D eigenvalue weighted by atomic mass is 10.1. The highest BCUT2D eigenvalue weighted by atomic mass is 19.4. The number of nitriles is 1. The minimum absolute atomic E-state index is 0.333. The van der Waals surface area contributed by atoms with Gasteiger partial charge in [-0.15, -0.1) is 0 Å². The quantitative estimate of drug-likeness (QED) is 0.396. The van der Waals surface area contributed by atoms with Crippen molar-refractivity contribution in [2.45, 2.75) is 25.7 Å². The second-order valence-electron chi connectivity index (χ2n) is 7.80. The van der Waals surface area contributed by atoms with Crippen molar-refractivity contribution >= 4 is 10.9 Å². The molecular formula is C26H22F3N3O. The highest BCUT2D eigenvalue weighted by Gasteiger charge is 2.29. The van der Waals surface area contributed by atoms with Crippen molar-refractivity contribution in [3.8, 4) is 11.8 Å². The SMILES string of the molecule is N#Cc1cccc(COc2ccc3c(c2)c(CCN)cn3Cc2ccc(C(F)(F)F)cc2)c1. The number of nitrogens with two attached hydrogens (primary N) is 1. The van der Waals surface area contributed by atoms with Gasteiger partial charge < -0.3 is 15.0 Å². The van der Waals surface area contributed by atoms with Crippen LogP contribution in [0.1, 0.15) is 27.8 Å². The number of rotatable bonds is 7. The van der Waals surface area contributed by atoms with Gasteiger partial charge in [0.25, 0.3) is 0 Å². The third kappa shape index (κ3) is 5.18. The van der Waals surface area contributed by atoms with E-state index >= 15 is 0 Å². The van der Waals surface area contributed by atoms with Crippen LogP contribution in [0.25, 0.3) is 10.9 Å². The number of hydrogen-bond donors (Lipinski definition) is 1. The Hall–Kier alpha value is -3.76. The highest BCUT2D eigenvalue weighted by molar-refractivity contribution is 5.85. The first-order valence-electron chi connectivity index (χ1n) is 10.5. The van der Waals surface area contributed by atoms with Gasteiger partial charge in [0.15, 0.2) is 0 Å². The summed E-state index contributed by atoms with van der Waals surface area (Å²) in [5.41, 5.74) is 9.40. The molecule has 4 rings (SSSR count). The minimum atomic E-state index is -4.35. The van der Waals surface area contributed by atoms with E-state index in [1.54, 1.807) is 12.1 Å². The van der Waals surface area contributed by atoms with Crippen LogP contribution in [0, 0.1) is 11.3 Å². The molecule has 7 heteroatoms. The summed E-state index contributed by atoms with van der Waals surface area (Å²) in [5.74, 6) is 0.690. The van der Waals surface area contributed by atoms with E-state index < -0.39 is 11.7 Å². The van der Waals surface area contributed by atoms with Crippen LogP contribution in [-0.4, -0.2) is 11.1 Å². The summed E-state index contributed by atoms with van der Waals surface area (Å²) >= 11 is 0. The van der Waals surface area contributed by atoms with Gasteiger partial charge >= 0.3 is 6.18 Å². The third-order valence-electron chi connectivity index (χ3n) is 5.44. The molecule has 0 spiro atoms. The number of nitrogens with zero attached hydrogens (tertiary/aromatic N) is 2. The predicted octanol–water partition coefficient (Wildman–Crippen LogP) is 5.66. The van der Waals surface area contributed by atoms with Crippen LogP contribution >= 0.6 is 0 Å². The second-order valence-corrected chi connectivity index (χ2v) is 7.80. The molecule has 3 aromatic carbocycles. The van der Waals surface area contributed by atoms with E-state index in [9.17, 15) is 13.2 Å². The summed E-state index contributed by atoms with van der Waals surface area (Å²) in [7, 11) is 0. The zero-order valence-corrected chi connectivity index (χ0v) is 17.8. The van der Waals surface area contributed by atoms with E-state index in [0.29, 0.717) is 37.4 Å². The zero-order chi connectivity index (χ0) is 23.4. The smallest absolute Gasteiger partial charge is 0.416 e. The first-order valence-corrected chi connectivity index (χ1v) is 10.5. The molecule has 0 unspecified atom stereocenters. The van der Waals surface area contributed by atoms with Gasteiger partial charge in [-0.3, -0.25) is 0 Å². The Balaban J connectivity index is 1.58. The van der Waals surface area contributed by atoms with Crippen LogP contribution in [0.4, 0.5) is 13.2 Å². The fourth-order valence-corrected chi connectivity index (χ4v) is 3.82. The number of alkyl halides is 3. The lowest BCUT2D eigenvalue weighted by Gasteiger charge is -2.10. The number of halogens is 3. The van der Waals surface area contributed by atoms with Gasteiger partial charge in [0.1, 0.15) is 12.4 Å². The van der Waals surface area contributed by atoms with E-state index in [1.807, 2.05) is 41.1 Å². The first-order chi connectivity index (χ1) is 15.9. The van der Waals surface area contributed by atoms with Gasteiger partial charge in [-0.2, -0.15) is 18.4 Å². The molecule has 0 saturated carbocycles. The van der Waals surface area contributed by atoms with E-state index in [1.165, 1.54) is 12.1 Å². The topological polar surface area (TPSA) is 64.0 Å². The average molecular weight is 449 g/mol. The molecule has 1 aromatic heterocycles. The molecule has 0 atom stereocenters. The van der Waals surface area contributed by atoms with Gasteiger partial charge in [0, 0.05) is 23.6 Å². The summed E-state index contributed by atoms with van der Waals surface area (Å²) in [6, 6.07) is 20.4. The maximum Gasteiger partial charge on any atom is 0.416 e. The van der Waals surface area contributed by atoms with Gasteiger partial charge in [-0.25, -0.2) is 0 Å². The van der Waals surface area contributed by atoms with E-state index in [-0.39, 0.29) is 0 Å². The maximum atomic E-state index is 12.8. The summed E-state index contributed by atoms with van der Waals surface area (Å²) in [6.07, 6.45) is -1.68. The Morgan fingerprint density at radius 3 is 2.45 bits per heavy atom. The van der Waals surface area contributed by atoms with Crippen molar-refractivity contribution in [2.24, 2.45) is 5.73 Å². The number of hydrogen-bond acceptors (Lipinski definition) is 3. The zero-order valence-electron chi connectivity index (χ0n) is 17.8. The number of aromatic nitrogens is 1. The Bertz CT molecular complexity index is 1300. The fourth-order valence-electron chi connectivity index (χ4n) is 3.82. The molecule has 0 radical (unpaired) electrons. The van der Waals surface area contributed by atoms with E-state index in [4.69, 9.17) is 15.7 Å². The molecule has 0 aliphatic rings. The predicted molar refractivity (Wildman–Crippen MR) is 121 cm³/mol. The molecule has 1 heterocycles. The Morgan fingerprint density at radius 1 is 0.970 bits per heavy atom. The Morgan fingerprint density at radius 2 is 1.76 bits per heavy atom. The minimum Gasteiger partial charge on any atom is -0.489 e. The molecule has 2 N–H and O–H groups in total. The van der Waals surface area contributed by atoms with Gasteiger partial charge in [0.05, 0.1) is 17.2 Å². The largest absolute Gasteiger partial charge is 0.489 e. The lowest BCUT2D eigenvalue weighted by Crippen LogP contribution is -2.05. The highest BCUT2D eigenvalue weighted by Crippen LogP contribution is 2.30. The van der Waals surface area contributed by atoms with Gasteiger partial charge in [-0.1, -0.05) is 24.3 Å². The van der Waals surface area contributed by atoms with Gasteiger partial charge in [-0.05, 0) is 72.1 Å². The normalized spacial score (nSPS) is 11.5. The lowest BCUT2D eigenvalue weighted by molar-refractivity contribution is -0.137. The average Bonchev–Trinajstić information content (AvgIpc) is 3.14. The third-order valence-corrected chi connectivity index (χ3v) is 5.44. The molecule has 0 aliphatic heterocycles. The Kier molecular flexibility index (Phi) is 6.38. The first kappa shape index (κ1) is 22.4. The van der Waals surface area contributed by atoms with Crippen molar-refractivity contribution in [3.05, 3.63) is 101 Å². The maximum absolute atomic E-state index is 12.8. The van der Waals surface area contributed by atoms with Crippen LogP contribution in [0.5, 0.6) is 5.75 Å². The van der Waals surface area contributed by atoms with E-state index in [0.717, 1.165) is 39.7 Å². The number of fused-ring (bicyclic) bond motifs is 1. The van der Waals surface area contributed by atoms with Crippen LogP contribution in [-0.2, 0) is 25.7 Å². The summed E-state index contributed by atoms with van der Waals surface area (Å²) < 4.78 is 46.5. The monoisotopic (exact) mass is 449 g/mol. The fraction of sp³-hybridized carbons (Fsp3) is 0.192. The molecule has 0 amide bonds. The molecule has 0 bridgehead atoms. The van der Waals surface area contributed by atoms with Crippen molar-refractivity contribution in [1.82, 2.24) is 4.57 Å². The van der Waals surface area contributed by atoms with Crippen LogP contribution < -0.4 is 10.5 Å². The number of benzene rings is 3. The van der Waals surface area contributed by atoms with E-state index in [2.05, 4.69) is 6.07 Å². The van der Waals surface area contributed by atoms with Crippen molar-refractivity contribution in [2.75, 3.05) is 6.54 Å². The van der Waals surface area contributed by atoms with Crippen molar-refractivity contribution in [3.63, 3.8) is 0 Å². The summed E-state index contributed by atoms with van der Waals surface area (Å²) in [4.78, 5) is 0. The molecule has 0 saturated heterocycles. The molecule has 0 aliphatic carbocycles. The Labute approximate surface area is 189 Å². The molecular weight excluding hydrogens is 427 g/mol. The van der Waals surface area contributed by atoms with Crippen molar-refractivity contribution < 1.29 is 17.9 Å². The standard InChI is InChI=1S/C26H22F3N3O/c27-26(28,29)22-6-4-18(5-7-22)15-32-16-21(10-11-30)24-13-23(8-9-25(24)32)33-17-20-3-1-2-19(12-20)14-31/h1-9,12-13,16H,10-11,15,17,30H2. The molecule has 33 heavy (non-hydrogen) atoms. The van der Waals surface area contributed by atoms with Gasteiger partial charge in [0.2, 0.25) is 0 Å². The van der Waals surface area contributed by atoms with Crippen LogP contribution in [0.2, 0.25) is 0 Å². The molecule has 4 nitrogen and oxygen atoms in total. The second kappa shape index (κ2) is 9.39. The molecule has 0 fully saturated rings. The summed E-state index contributed by atoms with van der Waals surface area (Å²) in [6.45, 7) is 1.26. The van der Waals surface area contributed by atoms with Crippen LogP contribution in [0.3, 0.4) is 0 Å². The van der Waals surface area contributed by atoms with Crippen molar-refractivity contribution in [1.29, 1.82) is 5.26 Å². The molecule has 4 aromatic rings. The summed E-state index contributed by atoms with van der Waals surface area (Å²) in [5, 5.41) is 10.0. The number of ether oxygens (including phenoxy) is 1. The molecule has 168 valence electrons.